The predicted molar refractivity (Wildman–Crippen MR) is 125 cm³/mol. The van der Waals surface area contributed by atoms with Gasteiger partial charge in [-0.25, -0.2) is 0 Å². The van der Waals surface area contributed by atoms with Gasteiger partial charge in [-0.1, -0.05) is 59.9 Å². The number of thioether (sulfide) groups is 1. The van der Waals surface area contributed by atoms with Crippen LogP contribution in [-0.2, 0) is 17.6 Å². The molecule has 0 bridgehead atoms. The number of hydrogen-bond donors (Lipinski definition) is 2. The van der Waals surface area contributed by atoms with Crippen LogP contribution >= 0.6 is 23.5 Å². The smallest absolute Gasteiger partial charge is 0.286 e. The fourth-order valence-corrected chi connectivity index (χ4v) is 5.57. The molecule has 7 heteroatoms. The van der Waals surface area contributed by atoms with Gasteiger partial charge in [0.25, 0.3) is 5.24 Å². The summed E-state index contributed by atoms with van der Waals surface area (Å²) in [5, 5.41) is 5.28. The lowest BCUT2D eigenvalue weighted by atomic mass is 10.1. The summed E-state index contributed by atoms with van der Waals surface area (Å²) in [5.74, 6) is 0.580. The van der Waals surface area contributed by atoms with Gasteiger partial charge in [0.15, 0.2) is 0 Å². The molecule has 5 rings (SSSR count). The number of fused-ring (bicyclic) bond motifs is 2. The van der Waals surface area contributed by atoms with Crippen LogP contribution in [-0.4, -0.2) is 23.0 Å². The second kappa shape index (κ2) is 8.69. The van der Waals surface area contributed by atoms with E-state index in [1.807, 2.05) is 30.3 Å². The van der Waals surface area contributed by atoms with Crippen molar-refractivity contribution in [2.24, 2.45) is 0 Å². The van der Waals surface area contributed by atoms with Crippen LogP contribution in [0, 0.1) is 0 Å². The lowest BCUT2D eigenvalue weighted by Crippen LogP contribution is -2.25. The molecular formula is C24H20N2O3S2. The van der Waals surface area contributed by atoms with E-state index in [2.05, 4.69) is 47.0 Å². The molecule has 31 heavy (non-hydrogen) atoms. The summed E-state index contributed by atoms with van der Waals surface area (Å²) < 4.78 is 5.96. The molecule has 3 aromatic carbocycles. The van der Waals surface area contributed by atoms with Gasteiger partial charge in [-0.2, -0.15) is 0 Å². The van der Waals surface area contributed by atoms with Crippen molar-refractivity contribution < 1.29 is 14.3 Å². The van der Waals surface area contributed by atoms with Crippen molar-refractivity contribution >= 4 is 46.0 Å². The molecule has 1 fully saturated rings. The summed E-state index contributed by atoms with van der Waals surface area (Å²) >= 11 is 2.84. The Kier molecular flexibility index (Phi) is 5.61. The third-order valence-corrected chi connectivity index (χ3v) is 7.35. The molecule has 2 heterocycles. The minimum atomic E-state index is -0.348. The van der Waals surface area contributed by atoms with Crippen LogP contribution in [0.3, 0.4) is 0 Å². The van der Waals surface area contributed by atoms with Crippen LogP contribution in [0.2, 0.25) is 0 Å². The zero-order valence-electron chi connectivity index (χ0n) is 16.6. The van der Waals surface area contributed by atoms with Crippen molar-refractivity contribution in [1.29, 1.82) is 0 Å². The van der Waals surface area contributed by atoms with Crippen molar-refractivity contribution in [2.45, 2.75) is 27.9 Å². The van der Waals surface area contributed by atoms with E-state index in [4.69, 9.17) is 4.74 Å². The van der Waals surface area contributed by atoms with Crippen LogP contribution in [0.5, 0.6) is 5.75 Å². The van der Waals surface area contributed by atoms with Crippen LogP contribution in [0.4, 0.5) is 16.2 Å². The molecule has 0 saturated carbocycles. The van der Waals surface area contributed by atoms with Crippen molar-refractivity contribution in [1.82, 2.24) is 5.32 Å². The normalized spacial score (nSPS) is 16.8. The minimum absolute atomic E-state index is 0.212. The zero-order chi connectivity index (χ0) is 21.2. The lowest BCUT2D eigenvalue weighted by Gasteiger charge is -2.23. The number of carbonyl (C=O) groups excluding carboxylic acids is 2. The minimum Gasteiger partial charge on any atom is -0.493 e. The predicted octanol–water partition coefficient (Wildman–Crippen LogP) is 5.41. The van der Waals surface area contributed by atoms with Gasteiger partial charge in [0.2, 0.25) is 5.91 Å². The fraction of sp³-hybridized carbons (Fsp3) is 0.167. The first kappa shape index (κ1) is 20.0. The standard InChI is InChI=1S/C24H20N2O3S2/c27-23-21(31-24(28)26-23)14-15-8-10-17(11-9-15)29-13-12-16-4-3-7-20-22(16)25-18-5-1-2-6-19(18)30-20/h1-11,21,25H,12-14H2,(H,26,27,28). The number of nitrogens with one attached hydrogen (secondary N) is 2. The highest BCUT2D eigenvalue weighted by atomic mass is 32.2. The first-order chi connectivity index (χ1) is 15.2. The Hall–Kier alpha value is -2.90. The summed E-state index contributed by atoms with van der Waals surface area (Å²) in [7, 11) is 0. The molecule has 0 aromatic heterocycles. The average Bonchev–Trinajstić information content (AvgIpc) is 3.10. The first-order valence-electron chi connectivity index (χ1n) is 10.0. The Balaban J connectivity index is 1.19. The Labute approximate surface area is 189 Å². The van der Waals surface area contributed by atoms with Crippen molar-refractivity contribution in [2.75, 3.05) is 11.9 Å². The van der Waals surface area contributed by atoms with Crippen LogP contribution in [0.25, 0.3) is 0 Å². The highest BCUT2D eigenvalue weighted by Crippen LogP contribution is 2.45. The van der Waals surface area contributed by atoms with Gasteiger partial charge in [-0.3, -0.25) is 14.9 Å². The molecule has 156 valence electrons. The molecule has 3 aromatic rings. The molecule has 2 amide bonds. The number of benzene rings is 3. The second-order valence-electron chi connectivity index (χ2n) is 7.34. The zero-order valence-corrected chi connectivity index (χ0v) is 18.2. The van der Waals surface area contributed by atoms with E-state index in [1.54, 1.807) is 11.8 Å². The Morgan fingerprint density at radius 2 is 1.68 bits per heavy atom. The van der Waals surface area contributed by atoms with Gasteiger partial charge in [0, 0.05) is 16.2 Å². The molecule has 1 atom stereocenters. The average molecular weight is 449 g/mol. The van der Waals surface area contributed by atoms with Crippen LogP contribution < -0.4 is 15.4 Å². The summed E-state index contributed by atoms with van der Waals surface area (Å²) in [4.78, 5) is 25.5. The Morgan fingerprint density at radius 3 is 2.48 bits per heavy atom. The maximum absolute atomic E-state index is 11.7. The Bertz CT molecular complexity index is 1150. The fourth-order valence-electron chi connectivity index (χ4n) is 3.67. The van der Waals surface area contributed by atoms with Crippen LogP contribution in [0.15, 0.2) is 76.5 Å². The number of imide groups is 1. The number of para-hydroxylation sites is 2. The molecule has 2 N–H and O–H groups in total. The highest BCUT2D eigenvalue weighted by molar-refractivity contribution is 8.15. The lowest BCUT2D eigenvalue weighted by molar-refractivity contribution is -0.118. The van der Waals surface area contributed by atoms with Gasteiger partial charge in [0.1, 0.15) is 5.75 Å². The number of hydrogen-bond acceptors (Lipinski definition) is 6. The number of amides is 2. The van der Waals surface area contributed by atoms with Crippen molar-refractivity contribution in [3.8, 4) is 5.75 Å². The molecule has 5 nitrogen and oxygen atoms in total. The van der Waals surface area contributed by atoms with E-state index in [-0.39, 0.29) is 16.4 Å². The maximum Gasteiger partial charge on any atom is 0.286 e. The monoisotopic (exact) mass is 448 g/mol. The van der Waals surface area contributed by atoms with Crippen LogP contribution in [0.1, 0.15) is 11.1 Å². The number of ether oxygens (including phenoxy) is 1. The third-order valence-electron chi connectivity index (χ3n) is 5.23. The van der Waals surface area contributed by atoms with E-state index < -0.39 is 0 Å². The highest BCUT2D eigenvalue weighted by Gasteiger charge is 2.31. The van der Waals surface area contributed by atoms with Gasteiger partial charge in [-0.05, 0) is 47.9 Å². The third kappa shape index (κ3) is 4.43. The molecular weight excluding hydrogens is 428 g/mol. The van der Waals surface area contributed by atoms with E-state index >= 15 is 0 Å². The maximum atomic E-state index is 11.7. The first-order valence-corrected chi connectivity index (χ1v) is 11.7. The van der Waals surface area contributed by atoms with Gasteiger partial charge >= 0.3 is 0 Å². The molecule has 0 radical (unpaired) electrons. The molecule has 2 aliphatic heterocycles. The number of carbonyl (C=O) groups is 2. The van der Waals surface area contributed by atoms with Crippen molar-refractivity contribution in [3.05, 3.63) is 77.9 Å². The molecule has 0 aliphatic carbocycles. The second-order valence-corrected chi connectivity index (χ2v) is 9.60. The van der Waals surface area contributed by atoms with E-state index in [1.165, 1.54) is 15.4 Å². The van der Waals surface area contributed by atoms with E-state index in [0.29, 0.717) is 13.0 Å². The van der Waals surface area contributed by atoms with E-state index in [9.17, 15) is 9.59 Å². The summed E-state index contributed by atoms with van der Waals surface area (Å²) in [6, 6.07) is 22.4. The topological polar surface area (TPSA) is 67.4 Å². The van der Waals surface area contributed by atoms with Crippen molar-refractivity contribution in [3.63, 3.8) is 0 Å². The number of rotatable bonds is 6. The van der Waals surface area contributed by atoms with E-state index in [0.717, 1.165) is 40.9 Å². The summed E-state index contributed by atoms with van der Waals surface area (Å²) in [6.07, 6.45) is 1.32. The Morgan fingerprint density at radius 1 is 0.871 bits per heavy atom. The quantitative estimate of drug-likeness (QED) is 0.411. The number of anilines is 2. The molecule has 2 aliphatic rings. The SMILES string of the molecule is O=C1NC(=O)C(Cc2ccc(OCCc3cccc4c3Nc3ccccc3S4)cc2)S1. The van der Waals surface area contributed by atoms with Gasteiger partial charge in [0.05, 0.1) is 23.2 Å². The summed E-state index contributed by atoms with van der Waals surface area (Å²) in [6.45, 7) is 0.569. The molecule has 0 spiro atoms. The summed E-state index contributed by atoms with van der Waals surface area (Å²) in [5.41, 5.74) is 4.53. The van der Waals surface area contributed by atoms with Gasteiger partial charge in [-0.15, -0.1) is 0 Å². The molecule has 1 unspecified atom stereocenters. The van der Waals surface area contributed by atoms with Gasteiger partial charge < -0.3 is 10.1 Å². The largest absolute Gasteiger partial charge is 0.493 e. The molecule has 1 saturated heterocycles.